The molecule has 0 aliphatic carbocycles. The summed E-state index contributed by atoms with van der Waals surface area (Å²) in [7, 11) is 1.16. The van der Waals surface area contributed by atoms with Crippen LogP contribution in [0.5, 0.6) is 11.5 Å². The molecule has 36 heavy (non-hydrogen) atoms. The van der Waals surface area contributed by atoms with Crippen molar-refractivity contribution in [2.45, 2.75) is 59.9 Å². The molecule has 2 rings (SSSR count). The third-order valence-corrected chi connectivity index (χ3v) is 4.51. The van der Waals surface area contributed by atoms with Crippen LogP contribution in [-0.4, -0.2) is 30.9 Å². The Morgan fingerprint density at radius 3 is 1.64 bits per heavy atom. The van der Waals surface area contributed by atoms with Gasteiger partial charge in [-0.3, -0.25) is 0 Å². The highest BCUT2D eigenvalue weighted by Crippen LogP contribution is 2.30. The van der Waals surface area contributed by atoms with Gasteiger partial charge in [-0.25, -0.2) is 4.79 Å². The molecule has 0 amide bonds. The molecule has 202 valence electrons. The zero-order valence-corrected chi connectivity index (χ0v) is 20.6. The van der Waals surface area contributed by atoms with Gasteiger partial charge in [0, 0.05) is 0 Å². The van der Waals surface area contributed by atoms with E-state index in [1.54, 1.807) is 12.1 Å². The van der Waals surface area contributed by atoms with Crippen LogP contribution in [0.4, 0.5) is 26.3 Å². The van der Waals surface area contributed by atoms with Crippen molar-refractivity contribution in [3.05, 3.63) is 58.7 Å². The van der Waals surface area contributed by atoms with Crippen LogP contribution in [0.2, 0.25) is 0 Å². The zero-order valence-electron chi connectivity index (χ0n) is 20.6. The predicted molar refractivity (Wildman–Crippen MR) is 121 cm³/mol. The molecule has 0 aliphatic heterocycles. The topological polar surface area (TPSA) is 65.0 Å². The number of rotatable bonds is 8. The molecule has 0 atom stereocenters. The summed E-state index contributed by atoms with van der Waals surface area (Å²) in [6.45, 7) is 7.28. The molecule has 0 aromatic heterocycles. The second-order valence-electron chi connectivity index (χ2n) is 8.71. The number of ether oxygens (including phenoxy) is 3. The van der Waals surface area contributed by atoms with E-state index in [4.69, 9.17) is 5.11 Å². The largest absolute Gasteiger partial charge is 0.573 e. The van der Waals surface area contributed by atoms with Crippen molar-refractivity contribution in [2.75, 3.05) is 7.11 Å². The molecule has 2 aromatic rings. The van der Waals surface area contributed by atoms with E-state index in [9.17, 15) is 31.1 Å². The molecule has 0 saturated heterocycles. The van der Waals surface area contributed by atoms with Gasteiger partial charge in [0.15, 0.2) is 0 Å². The van der Waals surface area contributed by atoms with Gasteiger partial charge in [-0.05, 0) is 59.6 Å². The number of alkyl halides is 6. The molecule has 0 spiro atoms. The van der Waals surface area contributed by atoms with Crippen molar-refractivity contribution in [1.82, 2.24) is 0 Å². The molecule has 0 unspecified atom stereocenters. The molecule has 0 bridgehead atoms. The molecule has 11 heteroatoms. The molecule has 0 fully saturated rings. The van der Waals surface area contributed by atoms with Gasteiger partial charge < -0.3 is 19.3 Å². The van der Waals surface area contributed by atoms with Crippen molar-refractivity contribution in [2.24, 2.45) is 11.8 Å². The van der Waals surface area contributed by atoms with Gasteiger partial charge in [0.1, 0.15) is 11.5 Å². The number of esters is 1. The van der Waals surface area contributed by atoms with Gasteiger partial charge in [0.25, 0.3) is 0 Å². The van der Waals surface area contributed by atoms with Crippen LogP contribution in [0.1, 0.15) is 54.7 Å². The minimum Gasteiger partial charge on any atom is -0.465 e. The maximum Gasteiger partial charge on any atom is 0.573 e. The lowest BCUT2D eigenvalue weighted by Crippen LogP contribution is -2.19. The number of halogens is 6. The first-order valence-corrected chi connectivity index (χ1v) is 11.0. The lowest BCUT2D eigenvalue weighted by molar-refractivity contribution is -0.276. The van der Waals surface area contributed by atoms with Crippen LogP contribution in [0, 0.1) is 11.8 Å². The lowest BCUT2D eigenvalue weighted by Gasteiger charge is -2.15. The maximum absolute atomic E-state index is 12.3. The number of aliphatic hydroxyl groups is 1. The molecule has 0 aliphatic rings. The molecule has 0 radical (unpaired) electrons. The Kier molecular flexibility index (Phi) is 11.6. The number of hydrogen-bond donors (Lipinski definition) is 1. The second kappa shape index (κ2) is 13.4. The van der Waals surface area contributed by atoms with Crippen LogP contribution in [0.15, 0.2) is 36.4 Å². The van der Waals surface area contributed by atoms with E-state index >= 15 is 0 Å². The van der Waals surface area contributed by atoms with Crippen molar-refractivity contribution in [3.63, 3.8) is 0 Å². The molecule has 5 nitrogen and oxygen atoms in total. The number of aliphatic hydroxyl groups excluding tert-OH is 1. The van der Waals surface area contributed by atoms with E-state index in [0.29, 0.717) is 29.5 Å². The van der Waals surface area contributed by atoms with Crippen molar-refractivity contribution < 1.29 is 50.5 Å². The summed E-state index contributed by atoms with van der Waals surface area (Å²) in [5.74, 6) is -0.893. The van der Waals surface area contributed by atoms with E-state index in [1.807, 2.05) is 27.7 Å². The van der Waals surface area contributed by atoms with E-state index in [-0.39, 0.29) is 35.5 Å². The minimum absolute atomic E-state index is 0.0225. The number of hydrogen-bond acceptors (Lipinski definition) is 5. The Morgan fingerprint density at radius 2 is 1.25 bits per heavy atom. The monoisotopic (exact) mass is 524 g/mol. The van der Waals surface area contributed by atoms with Crippen LogP contribution >= 0.6 is 0 Å². The number of methoxy groups -OCH3 is 1. The molecule has 1 N–H and O–H groups in total. The standard InChI is InChI=1S/C13H15F3O3.C12H15F3O2/c1-8(2)6-9-4-5-10(12(17)18-3)7-11(9)19-13(14,15)16;1-8(2)5-10-4-3-9(7-16)6-11(10)17-12(13,14)15/h4-5,7-8H,6H2,1-3H3;3-4,6,8,16H,5,7H2,1-2H3. The third kappa shape index (κ3) is 11.7. The van der Waals surface area contributed by atoms with E-state index in [2.05, 4.69) is 14.2 Å². The van der Waals surface area contributed by atoms with Gasteiger partial charge >= 0.3 is 18.7 Å². The van der Waals surface area contributed by atoms with Crippen molar-refractivity contribution in [3.8, 4) is 11.5 Å². The van der Waals surface area contributed by atoms with Crippen LogP contribution in [0.3, 0.4) is 0 Å². The first-order valence-electron chi connectivity index (χ1n) is 11.0. The van der Waals surface area contributed by atoms with Gasteiger partial charge in [-0.15, -0.1) is 26.3 Å². The summed E-state index contributed by atoms with van der Waals surface area (Å²) in [5, 5.41) is 8.90. The lowest BCUT2D eigenvalue weighted by atomic mass is 10.0. The predicted octanol–water partition coefficient (Wildman–Crippen LogP) is 6.85. The van der Waals surface area contributed by atoms with Crippen LogP contribution in [0.25, 0.3) is 0 Å². The third-order valence-electron chi connectivity index (χ3n) is 4.51. The van der Waals surface area contributed by atoms with E-state index < -0.39 is 18.7 Å². The van der Waals surface area contributed by atoms with Crippen LogP contribution in [-0.2, 0) is 24.2 Å². The van der Waals surface area contributed by atoms with Gasteiger partial charge in [0.2, 0.25) is 0 Å². The fourth-order valence-electron chi connectivity index (χ4n) is 3.15. The van der Waals surface area contributed by atoms with E-state index in [1.165, 1.54) is 18.2 Å². The summed E-state index contributed by atoms with van der Waals surface area (Å²) < 4.78 is 86.0. The first-order chi connectivity index (χ1) is 16.5. The fourth-order valence-corrected chi connectivity index (χ4v) is 3.15. The van der Waals surface area contributed by atoms with Gasteiger partial charge in [-0.2, -0.15) is 0 Å². The van der Waals surface area contributed by atoms with E-state index in [0.717, 1.165) is 13.2 Å². The summed E-state index contributed by atoms with van der Waals surface area (Å²) in [5.41, 5.74) is 1.32. The summed E-state index contributed by atoms with van der Waals surface area (Å²) in [4.78, 5) is 11.3. The molecule has 2 aromatic carbocycles. The molecule has 0 heterocycles. The average Bonchev–Trinajstić information content (AvgIpc) is 2.73. The van der Waals surface area contributed by atoms with Crippen molar-refractivity contribution in [1.29, 1.82) is 0 Å². The average molecular weight is 524 g/mol. The zero-order chi connectivity index (χ0) is 27.7. The summed E-state index contributed by atoms with van der Waals surface area (Å²) in [6, 6.07) is 8.32. The highest BCUT2D eigenvalue weighted by atomic mass is 19.4. The van der Waals surface area contributed by atoms with Crippen molar-refractivity contribution >= 4 is 5.97 Å². The molecular formula is C25H30F6O5. The Morgan fingerprint density at radius 1 is 0.806 bits per heavy atom. The molecule has 0 saturated carbocycles. The Labute approximate surface area is 206 Å². The quantitative estimate of drug-likeness (QED) is 0.302. The highest BCUT2D eigenvalue weighted by Gasteiger charge is 2.33. The number of carbonyl (C=O) groups excluding carboxylic acids is 1. The SMILES string of the molecule is CC(C)Cc1ccc(CO)cc1OC(F)(F)F.COC(=O)c1ccc(CC(C)C)c(OC(F)(F)F)c1. The molecular weight excluding hydrogens is 494 g/mol. The Bertz CT molecular complexity index is 984. The minimum atomic E-state index is -4.79. The van der Waals surface area contributed by atoms with Gasteiger partial charge in [-0.1, -0.05) is 45.9 Å². The van der Waals surface area contributed by atoms with Gasteiger partial charge in [0.05, 0.1) is 19.3 Å². The Balaban J connectivity index is 0.000000362. The number of benzene rings is 2. The summed E-state index contributed by atoms with van der Waals surface area (Å²) in [6.07, 6.45) is -8.58. The normalized spacial score (nSPS) is 11.7. The second-order valence-corrected chi connectivity index (χ2v) is 8.71. The number of carbonyl (C=O) groups is 1. The smallest absolute Gasteiger partial charge is 0.465 e. The fraction of sp³-hybridized carbons (Fsp3) is 0.480. The summed E-state index contributed by atoms with van der Waals surface area (Å²) >= 11 is 0. The maximum atomic E-state index is 12.3. The van der Waals surface area contributed by atoms with Crippen LogP contribution < -0.4 is 9.47 Å². The highest BCUT2D eigenvalue weighted by molar-refractivity contribution is 5.89. The Hall–Kier alpha value is -2.95. The first kappa shape index (κ1) is 31.1.